The Morgan fingerprint density at radius 2 is 1.91 bits per heavy atom. The normalized spacial score (nSPS) is 17.0. The Kier molecular flexibility index (Phi) is 4.75. The molecule has 0 spiro atoms. The van der Waals surface area contributed by atoms with Crippen LogP contribution in [0.4, 0.5) is 0 Å². The maximum absolute atomic E-state index is 9.53. The maximum atomic E-state index is 9.53. The minimum absolute atomic E-state index is 0.353. The third-order valence-corrected chi connectivity index (χ3v) is 4.35. The van der Waals surface area contributed by atoms with Crippen LogP contribution in [-0.2, 0) is 20.0 Å². The number of aromatic nitrogens is 2. The van der Waals surface area contributed by atoms with Gasteiger partial charge in [-0.3, -0.25) is 4.90 Å². The quantitative estimate of drug-likeness (QED) is 0.908. The summed E-state index contributed by atoms with van der Waals surface area (Å²) in [7, 11) is 2.05. The van der Waals surface area contributed by atoms with E-state index in [1.54, 1.807) is 6.07 Å². The number of phenols is 1. The van der Waals surface area contributed by atoms with E-state index < -0.39 is 0 Å². The predicted octanol–water partition coefficient (Wildman–Crippen LogP) is 1.49. The SMILES string of the molecule is Cn1ccnc1CCN1CCN(Cc2cccc(O)c2)CC1. The second kappa shape index (κ2) is 6.94. The number of aromatic hydroxyl groups is 1. The molecule has 5 heteroatoms. The fourth-order valence-corrected chi connectivity index (χ4v) is 2.98. The molecule has 1 aromatic carbocycles. The molecule has 1 aromatic heterocycles. The molecule has 1 fully saturated rings. The standard InChI is InChI=1S/C17H24N4O/c1-19-8-6-18-17(19)5-7-20-9-11-21(12-10-20)14-15-3-2-4-16(22)13-15/h2-4,6,8,13,22H,5,7,9-12,14H2,1H3. The largest absolute Gasteiger partial charge is 0.508 e. The molecule has 22 heavy (non-hydrogen) atoms. The van der Waals surface area contributed by atoms with Crippen molar-refractivity contribution in [3.05, 3.63) is 48.0 Å². The van der Waals surface area contributed by atoms with Crippen molar-refractivity contribution in [2.24, 2.45) is 7.05 Å². The Labute approximate surface area is 131 Å². The third-order valence-electron chi connectivity index (χ3n) is 4.35. The summed E-state index contributed by atoms with van der Waals surface area (Å²) < 4.78 is 2.10. The maximum Gasteiger partial charge on any atom is 0.115 e. The molecule has 2 aromatic rings. The summed E-state index contributed by atoms with van der Waals surface area (Å²) in [6, 6.07) is 7.56. The Bertz CT molecular complexity index is 602. The molecule has 1 saturated heterocycles. The zero-order chi connectivity index (χ0) is 15.4. The highest BCUT2D eigenvalue weighted by Gasteiger charge is 2.17. The molecule has 3 rings (SSSR count). The molecule has 1 aliphatic rings. The number of phenolic OH excluding ortho intramolecular Hbond substituents is 1. The molecule has 118 valence electrons. The number of aryl methyl sites for hydroxylation is 1. The second-order valence-corrected chi connectivity index (χ2v) is 5.99. The minimum atomic E-state index is 0.353. The summed E-state index contributed by atoms with van der Waals surface area (Å²) in [6.07, 6.45) is 4.88. The monoisotopic (exact) mass is 300 g/mol. The van der Waals surface area contributed by atoms with Gasteiger partial charge in [-0.1, -0.05) is 12.1 Å². The minimum Gasteiger partial charge on any atom is -0.508 e. The average molecular weight is 300 g/mol. The second-order valence-electron chi connectivity index (χ2n) is 5.99. The molecule has 2 heterocycles. The van der Waals surface area contributed by atoms with Gasteiger partial charge < -0.3 is 14.6 Å². The van der Waals surface area contributed by atoms with Crippen molar-refractivity contribution in [2.45, 2.75) is 13.0 Å². The summed E-state index contributed by atoms with van der Waals surface area (Å²) in [5.74, 6) is 1.51. The molecule has 0 atom stereocenters. The highest BCUT2D eigenvalue weighted by Crippen LogP contribution is 2.14. The smallest absolute Gasteiger partial charge is 0.115 e. The zero-order valence-corrected chi connectivity index (χ0v) is 13.1. The van der Waals surface area contributed by atoms with Crippen LogP contribution in [0.3, 0.4) is 0 Å². The first kappa shape index (κ1) is 15.1. The number of piperazine rings is 1. The van der Waals surface area contributed by atoms with Crippen LogP contribution in [0.25, 0.3) is 0 Å². The molecule has 0 radical (unpaired) electrons. The number of hydrogen-bond acceptors (Lipinski definition) is 4. The summed E-state index contributed by atoms with van der Waals surface area (Å²) in [5, 5.41) is 9.53. The van der Waals surface area contributed by atoms with E-state index in [4.69, 9.17) is 0 Å². The van der Waals surface area contributed by atoms with Crippen molar-refractivity contribution in [1.29, 1.82) is 0 Å². The first-order valence-corrected chi connectivity index (χ1v) is 7.89. The van der Waals surface area contributed by atoms with E-state index in [2.05, 4.69) is 32.5 Å². The highest BCUT2D eigenvalue weighted by molar-refractivity contribution is 5.27. The van der Waals surface area contributed by atoms with Gasteiger partial charge in [0.1, 0.15) is 11.6 Å². The number of nitrogens with zero attached hydrogens (tertiary/aromatic N) is 4. The van der Waals surface area contributed by atoms with Gasteiger partial charge in [0.2, 0.25) is 0 Å². The first-order valence-electron chi connectivity index (χ1n) is 7.89. The van der Waals surface area contributed by atoms with E-state index in [9.17, 15) is 5.11 Å². The van der Waals surface area contributed by atoms with Crippen LogP contribution in [-0.4, -0.2) is 57.2 Å². The van der Waals surface area contributed by atoms with E-state index in [-0.39, 0.29) is 0 Å². The van der Waals surface area contributed by atoms with Gasteiger partial charge >= 0.3 is 0 Å². The number of rotatable bonds is 5. The van der Waals surface area contributed by atoms with Gasteiger partial charge in [0.05, 0.1) is 0 Å². The van der Waals surface area contributed by atoms with Gasteiger partial charge in [-0.15, -0.1) is 0 Å². The predicted molar refractivity (Wildman–Crippen MR) is 86.7 cm³/mol. The van der Waals surface area contributed by atoms with Crippen LogP contribution in [0.5, 0.6) is 5.75 Å². The van der Waals surface area contributed by atoms with Crippen LogP contribution in [0.2, 0.25) is 0 Å². The van der Waals surface area contributed by atoms with Gasteiger partial charge in [0, 0.05) is 65.1 Å². The van der Waals surface area contributed by atoms with Crippen LogP contribution >= 0.6 is 0 Å². The lowest BCUT2D eigenvalue weighted by atomic mass is 10.2. The van der Waals surface area contributed by atoms with Crippen LogP contribution in [0.1, 0.15) is 11.4 Å². The van der Waals surface area contributed by atoms with Crippen molar-refractivity contribution in [2.75, 3.05) is 32.7 Å². The average Bonchev–Trinajstić information content (AvgIpc) is 2.92. The van der Waals surface area contributed by atoms with Gasteiger partial charge in [-0.05, 0) is 17.7 Å². The summed E-state index contributed by atoms with van der Waals surface area (Å²) in [4.78, 5) is 9.34. The Balaban J connectivity index is 1.43. The van der Waals surface area contributed by atoms with Crippen LogP contribution in [0.15, 0.2) is 36.7 Å². The first-order chi connectivity index (χ1) is 10.7. The highest BCUT2D eigenvalue weighted by atomic mass is 16.3. The molecule has 0 amide bonds. The Morgan fingerprint density at radius 3 is 2.59 bits per heavy atom. The van der Waals surface area contributed by atoms with Gasteiger partial charge in [0.25, 0.3) is 0 Å². The number of imidazole rings is 1. The van der Waals surface area contributed by atoms with E-state index in [0.29, 0.717) is 5.75 Å². The van der Waals surface area contributed by atoms with E-state index in [1.807, 2.05) is 24.5 Å². The topological polar surface area (TPSA) is 44.5 Å². The molecule has 5 nitrogen and oxygen atoms in total. The van der Waals surface area contributed by atoms with Gasteiger partial charge in [0.15, 0.2) is 0 Å². The Hall–Kier alpha value is -1.85. The van der Waals surface area contributed by atoms with Crippen molar-refractivity contribution < 1.29 is 5.11 Å². The fraction of sp³-hybridized carbons (Fsp3) is 0.471. The van der Waals surface area contributed by atoms with Crippen molar-refractivity contribution >= 4 is 0 Å². The summed E-state index contributed by atoms with van der Waals surface area (Å²) in [5.41, 5.74) is 1.18. The molecule has 0 bridgehead atoms. The van der Waals surface area contributed by atoms with Crippen molar-refractivity contribution in [3.63, 3.8) is 0 Å². The third kappa shape index (κ3) is 3.87. The summed E-state index contributed by atoms with van der Waals surface area (Å²) >= 11 is 0. The lowest BCUT2D eigenvalue weighted by Crippen LogP contribution is -2.46. The zero-order valence-electron chi connectivity index (χ0n) is 13.1. The molecule has 1 aliphatic heterocycles. The van der Waals surface area contributed by atoms with Crippen molar-refractivity contribution in [1.82, 2.24) is 19.4 Å². The van der Waals surface area contributed by atoms with Crippen LogP contribution in [0, 0.1) is 0 Å². The lowest BCUT2D eigenvalue weighted by molar-refractivity contribution is 0.127. The summed E-state index contributed by atoms with van der Waals surface area (Å²) in [6.45, 7) is 6.35. The number of benzene rings is 1. The van der Waals surface area contributed by atoms with Crippen LogP contribution < -0.4 is 0 Å². The van der Waals surface area contributed by atoms with E-state index in [1.165, 1.54) is 5.56 Å². The molecule has 1 N–H and O–H groups in total. The lowest BCUT2D eigenvalue weighted by Gasteiger charge is -2.34. The van der Waals surface area contributed by atoms with E-state index >= 15 is 0 Å². The van der Waals surface area contributed by atoms with E-state index in [0.717, 1.165) is 51.5 Å². The molecule has 0 unspecified atom stereocenters. The van der Waals surface area contributed by atoms with Gasteiger partial charge in [-0.25, -0.2) is 4.98 Å². The van der Waals surface area contributed by atoms with Crippen molar-refractivity contribution in [3.8, 4) is 5.75 Å². The molecule has 0 saturated carbocycles. The molecular formula is C17H24N4O. The Morgan fingerprint density at radius 1 is 1.14 bits per heavy atom. The molecular weight excluding hydrogens is 276 g/mol. The number of hydrogen-bond donors (Lipinski definition) is 1. The van der Waals surface area contributed by atoms with Gasteiger partial charge in [-0.2, -0.15) is 0 Å². The molecule has 0 aliphatic carbocycles. The fourth-order valence-electron chi connectivity index (χ4n) is 2.98.